The molecule has 0 aromatic heterocycles. The van der Waals surface area contributed by atoms with Crippen molar-refractivity contribution in [3.05, 3.63) is 23.3 Å². The molecule has 5 heteroatoms. The molecule has 0 fully saturated rings. The Balaban J connectivity index is 2.50. The molecule has 1 aliphatic rings. The maximum absolute atomic E-state index is 11.4. The van der Waals surface area contributed by atoms with Gasteiger partial charge in [-0.3, -0.25) is 14.9 Å². The average molecular weight is 235 g/mol. The first-order valence-corrected chi connectivity index (χ1v) is 5.20. The van der Waals surface area contributed by atoms with Crippen molar-refractivity contribution in [3.8, 4) is 11.5 Å². The van der Waals surface area contributed by atoms with E-state index in [4.69, 9.17) is 9.47 Å². The summed E-state index contributed by atoms with van der Waals surface area (Å²) >= 11 is 0. The minimum Gasteiger partial charge on any atom is -0.493 e. The van der Waals surface area contributed by atoms with E-state index in [9.17, 15) is 9.59 Å². The number of hydrogen-bond acceptors (Lipinski definition) is 4. The Morgan fingerprint density at radius 3 is 1.71 bits per heavy atom. The van der Waals surface area contributed by atoms with E-state index in [1.54, 1.807) is 12.1 Å². The van der Waals surface area contributed by atoms with Crippen LogP contribution in [0.3, 0.4) is 0 Å². The zero-order valence-corrected chi connectivity index (χ0v) is 9.70. The molecule has 1 N–H and O–H groups in total. The highest BCUT2D eigenvalue weighted by molar-refractivity contribution is 5.99. The number of hydrogen-bond donors (Lipinski definition) is 1. The maximum atomic E-state index is 11.4. The number of benzene rings is 1. The lowest BCUT2D eigenvalue weighted by molar-refractivity contribution is -0.129. The van der Waals surface area contributed by atoms with Crippen LogP contribution in [0.15, 0.2) is 12.1 Å². The summed E-state index contributed by atoms with van der Waals surface area (Å²) in [4.78, 5) is 22.8. The Kier molecular flexibility index (Phi) is 2.99. The largest absolute Gasteiger partial charge is 0.493 e. The molecule has 2 rings (SSSR count). The van der Waals surface area contributed by atoms with Gasteiger partial charge in [0.2, 0.25) is 11.8 Å². The molecule has 0 unspecified atom stereocenters. The monoisotopic (exact) mass is 235 g/mol. The number of ether oxygens (including phenoxy) is 2. The zero-order chi connectivity index (χ0) is 12.4. The number of imide groups is 1. The van der Waals surface area contributed by atoms with Crippen molar-refractivity contribution in [1.82, 2.24) is 5.32 Å². The van der Waals surface area contributed by atoms with Crippen LogP contribution < -0.4 is 14.8 Å². The van der Waals surface area contributed by atoms with Crippen molar-refractivity contribution in [2.24, 2.45) is 0 Å². The quantitative estimate of drug-likeness (QED) is 0.756. The van der Waals surface area contributed by atoms with Gasteiger partial charge in [0.25, 0.3) is 0 Å². The Hall–Kier alpha value is -2.04. The summed E-state index contributed by atoms with van der Waals surface area (Å²) in [6.07, 6.45) is 0.364. The molecule has 5 nitrogen and oxygen atoms in total. The van der Waals surface area contributed by atoms with Crippen LogP contribution in [-0.2, 0) is 22.4 Å². The third-order valence-electron chi connectivity index (χ3n) is 2.69. The summed E-state index contributed by atoms with van der Waals surface area (Å²) < 4.78 is 10.3. The van der Waals surface area contributed by atoms with Crippen molar-refractivity contribution in [3.63, 3.8) is 0 Å². The fraction of sp³-hybridized carbons (Fsp3) is 0.333. The summed E-state index contributed by atoms with van der Waals surface area (Å²) in [5.74, 6) is 0.545. The van der Waals surface area contributed by atoms with Gasteiger partial charge in [0.1, 0.15) is 0 Å². The van der Waals surface area contributed by atoms with Crippen LogP contribution in [0, 0.1) is 0 Å². The fourth-order valence-electron chi connectivity index (χ4n) is 1.88. The minimum atomic E-state index is -0.291. The lowest BCUT2D eigenvalue weighted by atomic mass is 10.0. The number of carbonyl (C=O) groups is 2. The van der Waals surface area contributed by atoms with Crippen LogP contribution in [0.5, 0.6) is 11.5 Å². The smallest absolute Gasteiger partial charge is 0.230 e. The minimum absolute atomic E-state index is 0.182. The zero-order valence-electron chi connectivity index (χ0n) is 9.70. The Morgan fingerprint density at radius 1 is 0.941 bits per heavy atom. The van der Waals surface area contributed by atoms with Gasteiger partial charge in [0.05, 0.1) is 27.1 Å². The molecule has 1 aromatic carbocycles. The molecule has 0 atom stereocenters. The van der Waals surface area contributed by atoms with Gasteiger partial charge >= 0.3 is 0 Å². The second-order valence-electron chi connectivity index (χ2n) is 3.80. The van der Waals surface area contributed by atoms with E-state index in [1.807, 2.05) is 0 Å². The van der Waals surface area contributed by atoms with Gasteiger partial charge in [-0.2, -0.15) is 0 Å². The van der Waals surface area contributed by atoms with E-state index in [-0.39, 0.29) is 24.7 Å². The van der Waals surface area contributed by atoms with Crippen molar-refractivity contribution in [1.29, 1.82) is 0 Å². The Bertz CT molecular complexity index is 439. The molecule has 1 aliphatic heterocycles. The fourth-order valence-corrected chi connectivity index (χ4v) is 1.88. The second-order valence-corrected chi connectivity index (χ2v) is 3.80. The van der Waals surface area contributed by atoms with Crippen LogP contribution in [-0.4, -0.2) is 26.0 Å². The van der Waals surface area contributed by atoms with E-state index in [2.05, 4.69) is 5.32 Å². The van der Waals surface area contributed by atoms with E-state index in [0.717, 1.165) is 11.1 Å². The van der Waals surface area contributed by atoms with Crippen molar-refractivity contribution in [2.75, 3.05) is 14.2 Å². The molecule has 0 bridgehead atoms. The third kappa shape index (κ3) is 2.22. The lowest BCUT2D eigenvalue weighted by Crippen LogP contribution is -2.30. The molecule has 0 saturated carbocycles. The number of rotatable bonds is 2. The number of nitrogens with one attached hydrogen (secondary N) is 1. The number of carbonyl (C=O) groups excluding carboxylic acids is 2. The van der Waals surface area contributed by atoms with E-state index >= 15 is 0 Å². The first-order chi connectivity index (χ1) is 8.13. The third-order valence-corrected chi connectivity index (χ3v) is 2.69. The standard InChI is InChI=1S/C12H13NO4/c1-16-9-3-7-5-11(14)13-12(15)6-8(7)4-10(9)17-2/h3-4H,5-6H2,1-2H3,(H,13,14,15). The van der Waals surface area contributed by atoms with E-state index in [0.29, 0.717) is 11.5 Å². The highest BCUT2D eigenvalue weighted by Crippen LogP contribution is 2.31. The number of methoxy groups -OCH3 is 2. The lowest BCUT2D eigenvalue weighted by Gasteiger charge is -2.11. The molecule has 0 aliphatic carbocycles. The van der Waals surface area contributed by atoms with Gasteiger partial charge in [0, 0.05) is 0 Å². The predicted molar refractivity (Wildman–Crippen MR) is 60.1 cm³/mol. The Morgan fingerprint density at radius 2 is 1.35 bits per heavy atom. The molecular weight excluding hydrogens is 222 g/mol. The van der Waals surface area contributed by atoms with Gasteiger partial charge in [-0.05, 0) is 23.3 Å². The van der Waals surface area contributed by atoms with Crippen molar-refractivity contribution in [2.45, 2.75) is 12.8 Å². The maximum Gasteiger partial charge on any atom is 0.230 e. The van der Waals surface area contributed by atoms with Crippen molar-refractivity contribution < 1.29 is 19.1 Å². The molecule has 2 amide bonds. The Labute approximate surface area is 98.7 Å². The number of amides is 2. The summed E-state index contributed by atoms with van der Waals surface area (Å²) in [5, 5.41) is 2.30. The van der Waals surface area contributed by atoms with Gasteiger partial charge in [-0.25, -0.2) is 0 Å². The first-order valence-electron chi connectivity index (χ1n) is 5.20. The van der Waals surface area contributed by atoms with Crippen LogP contribution in [0.2, 0.25) is 0 Å². The van der Waals surface area contributed by atoms with E-state index < -0.39 is 0 Å². The van der Waals surface area contributed by atoms with Crippen LogP contribution in [0.4, 0.5) is 0 Å². The van der Waals surface area contributed by atoms with E-state index in [1.165, 1.54) is 14.2 Å². The molecule has 0 radical (unpaired) electrons. The molecule has 1 aromatic rings. The van der Waals surface area contributed by atoms with Crippen molar-refractivity contribution >= 4 is 11.8 Å². The van der Waals surface area contributed by atoms with Gasteiger partial charge in [0.15, 0.2) is 11.5 Å². The average Bonchev–Trinajstić information content (AvgIpc) is 2.43. The van der Waals surface area contributed by atoms with Gasteiger partial charge in [-0.1, -0.05) is 0 Å². The summed E-state index contributed by atoms with van der Waals surface area (Å²) in [6.45, 7) is 0. The van der Waals surface area contributed by atoms with Gasteiger partial charge < -0.3 is 9.47 Å². The summed E-state index contributed by atoms with van der Waals surface area (Å²) in [7, 11) is 3.07. The number of fused-ring (bicyclic) bond motifs is 1. The van der Waals surface area contributed by atoms with Crippen LogP contribution >= 0.6 is 0 Å². The normalized spacial score (nSPS) is 14.7. The topological polar surface area (TPSA) is 64.6 Å². The molecule has 0 saturated heterocycles. The van der Waals surface area contributed by atoms with Crippen LogP contribution in [0.25, 0.3) is 0 Å². The first kappa shape index (κ1) is 11.4. The summed E-state index contributed by atoms with van der Waals surface area (Å²) in [6, 6.07) is 3.48. The molecule has 90 valence electrons. The van der Waals surface area contributed by atoms with Gasteiger partial charge in [-0.15, -0.1) is 0 Å². The highest BCUT2D eigenvalue weighted by Gasteiger charge is 2.20. The van der Waals surface area contributed by atoms with Crippen LogP contribution in [0.1, 0.15) is 11.1 Å². The predicted octanol–water partition coefficient (Wildman–Crippen LogP) is 0.445. The molecule has 0 spiro atoms. The highest BCUT2D eigenvalue weighted by atomic mass is 16.5. The summed E-state index contributed by atoms with van der Waals surface area (Å²) in [5.41, 5.74) is 1.59. The SMILES string of the molecule is COc1cc2c(cc1OC)CC(=O)NC(=O)C2. The molecular formula is C12H13NO4. The molecule has 1 heterocycles. The second kappa shape index (κ2) is 4.45. The molecule has 17 heavy (non-hydrogen) atoms.